The first kappa shape index (κ1) is 24.5. The zero-order valence-electron chi connectivity index (χ0n) is 20.6. The minimum atomic E-state index is -2.62. The first-order chi connectivity index (χ1) is 16.2. The summed E-state index contributed by atoms with van der Waals surface area (Å²) in [5.41, 5.74) is 6.52. The van der Waals surface area contributed by atoms with Crippen LogP contribution < -0.4 is 5.32 Å². The van der Waals surface area contributed by atoms with Crippen LogP contribution in [0.25, 0.3) is 11.1 Å². The topological polar surface area (TPSA) is 62.5 Å². The minimum absolute atomic E-state index is 0.186. The number of carbonyl (C=O) groups is 1. The van der Waals surface area contributed by atoms with E-state index >= 15 is 0 Å². The second-order valence-corrected chi connectivity index (χ2v) is 9.77. The first-order valence-electron chi connectivity index (χ1n) is 12.3. The van der Waals surface area contributed by atoms with Crippen molar-refractivity contribution in [1.29, 1.82) is 0 Å². The van der Waals surface area contributed by atoms with Gasteiger partial charge >= 0.3 is 0 Å². The average molecular weight is 472 g/mol. The summed E-state index contributed by atoms with van der Waals surface area (Å²) in [5, 5.41) is 7.58. The monoisotopic (exact) mass is 471 g/mol. The number of alkyl halides is 2. The molecule has 0 radical (unpaired) electrons. The molecule has 0 spiro atoms. The lowest BCUT2D eigenvalue weighted by Gasteiger charge is -2.29. The Morgan fingerprint density at radius 1 is 1.24 bits per heavy atom. The number of amides is 1. The predicted molar refractivity (Wildman–Crippen MR) is 131 cm³/mol. The molecule has 1 aromatic heterocycles. The Morgan fingerprint density at radius 3 is 2.68 bits per heavy atom. The van der Waals surface area contributed by atoms with E-state index in [-0.39, 0.29) is 37.6 Å². The van der Waals surface area contributed by atoms with Gasteiger partial charge in [-0.3, -0.25) is 19.4 Å². The summed E-state index contributed by atoms with van der Waals surface area (Å²) in [6.07, 6.45) is 2.92. The van der Waals surface area contributed by atoms with E-state index in [1.54, 1.807) is 0 Å². The number of fused-ring (bicyclic) bond motifs is 1. The summed E-state index contributed by atoms with van der Waals surface area (Å²) in [6, 6.07) is 3.93. The van der Waals surface area contributed by atoms with Gasteiger partial charge in [0.15, 0.2) is 0 Å². The van der Waals surface area contributed by atoms with Crippen LogP contribution in [0.2, 0.25) is 0 Å². The third-order valence-electron chi connectivity index (χ3n) is 7.06. The number of aromatic nitrogens is 2. The molecule has 34 heavy (non-hydrogen) atoms. The molecule has 0 atom stereocenters. The Hall–Kier alpha value is -2.61. The van der Waals surface area contributed by atoms with Crippen LogP contribution in [0.4, 0.5) is 8.78 Å². The highest BCUT2D eigenvalue weighted by molar-refractivity contribution is 6.45. The zero-order valence-corrected chi connectivity index (χ0v) is 20.6. The van der Waals surface area contributed by atoms with Crippen molar-refractivity contribution in [1.82, 2.24) is 20.0 Å². The van der Waals surface area contributed by atoms with Crippen LogP contribution in [-0.2, 0) is 17.9 Å². The third-order valence-corrected chi connectivity index (χ3v) is 7.06. The molecule has 1 aliphatic heterocycles. The fourth-order valence-corrected chi connectivity index (χ4v) is 4.81. The van der Waals surface area contributed by atoms with Gasteiger partial charge in [-0.25, -0.2) is 8.78 Å². The summed E-state index contributed by atoms with van der Waals surface area (Å²) >= 11 is 0. The molecule has 0 unspecified atom stereocenters. The number of likely N-dealkylation sites (N-methyl/N-ethyl adjacent to an activating group) is 1. The maximum atomic E-state index is 13.6. The zero-order chi connectivity index (χ0) is 24.5. The van der Waals surface area contributed by atoms with Gasteiger partial charge in [0.25, 0.3) is 5.91 Å². The SMILES string of the molecule is CCCN=C(C(=O)NC1CCC(F)(F)CC1)c1cc(-c2cnn3c2CN(C)CC3)cc(C)c1C. The Balaban J connectivity index is 1.67. The molecule has 0 bridgehead atoms. The fourth-order valence-electron chi connectivity index (χ4n) is 4.81. The number of hydrogen-bond donors (Lipinski definition) is 1. The fraction of sp³-hybridized carbons (Fsp3) is 0.577. The Bertz CT molecular complexity index is 1080. The van der Waals surface area contributed by atoms with Gasteiger partial charge in [0, 0.05) is 49.6 Å². The molecule has 1 N–H and O–H groups in total. The van der Waals surface area contributed by atoms with Gasteiger partial charge in [-0.2, -0.15) is 5.10 Å². The van der Waals surface area contributed by atoms with Crippen LogP contribution in [0.3, 0.4) is 0 Å². The number of rotatable bonds is 6. The number of nitrogens with one attached hydrogen (secondary N) is 1. The molecule has 184 valence electrons. The maximum absolute atomic E-state index is 13.6. The summed E-state index contributed by atoms with van der Waals surface area (Å²) in [4.78, 5) is 20.3. The lowest BCUT2D eigenvalue weighted by molar-refractivity contribution is -0.116. The van der Waals surface area contributed by atoms with E-state index in [0.717, 1.165) is 53.9 Å². The number of carbonyl (C=O) groups excluding carboxylic acids is 1. The van der Waals surface area contributed by atoms with Crippen LogP contribution in [0.15, 0.2) is 23.3 Å². The van der Waals surface area contributed by atoms with E-state index in [1.807, 2.05) is 33.0 Å². The quantitative estimate of drug-likeness (QED) is 0.631. The van der Waals surface area contributed by atoms with Gasteiger partial charge in [0.2, 0.25) is 5.92 Å². The standard InChI is InChI=1S/C26H35F2N5O/c1-5-10-29-24(25(34)31-20-6-8-26(27,28)9-7-20)21-14-19(13-17(2)18(21)3)22-15-30-33-12-11-32(4)16-23(22)33/h13-15,20H,5-12,16H2,1-4H3,(H,31,34). The molecule has 2 aliphatic rings. The van der Waals surface area contributed by atoms with E-state index < -0.39 is 5.92 Å². The van der Waals surface area contributed by atoms with Crippen molar-refractivity contribution in [2.45, 2.75) is 77.9 Å². The largest absolute Gasteiger partial charge is 0.348 e. The second kappa shape index (κ2) is 9.94. The van der Waals surface area contributed by atoms with E-state index in [9.17, 15) is 13.6 Å². The summed E-state index contributed by atoms with van der Waals surface area (Å²) in [5.74, 6) is -2.90. The Morgan fingerprint density at radius 2 is 1.97 bits per heavy atom. The average Bonchev–Trinajstić information content (AvgIpc) is 3.21. The van der Waals surface area contributed by atoms with Crippen molar-refractivity contribution in [2.75, 3.05) is 20.1 Å². The number of halogens is 2. The van der Waals surface area contributed by atoms with Crippen molar-refractivity contribution in [3.63, 3.8) is 0 Å². The van der Waals surface area contributed by atoms with Crippen LogP contribution in [0.1, 0.15) is 61.4 Å². The highest BCUT2D eigenvalue weighted by Crippen LogP contribution is 2.33. The van der Waals surface area contributed by atoms with Crippen molar-refractivity contribution >= 4 is 11.6 Å². The summed E-state index contributed by atoms with van der Waals surface area (Å²) in [7, 11) is 2.10. The molecule has 1 amide bonds. The highest BCUT2D eigenvalue weighted by atomic mass is 19.3. The van der Waals surface area contributed by atoms with E-state index in [4.69, 9.17) is 0 Å². The molecule has 1 aromatic carbocycles. The van der Waals surface area contributed by atoms with Crippen molar-refractivity contribution in [3.8, 4) is 11.1 Å². The molecule has 1 fully saturated rings. The lowest BCUT2D eigenvalue weighted by atomic mass is 9.91. The van der Waals surface area contributed by atoms with Crippen molar-refractivity contribution in [2.24, 2.45) is 4.99 Å². The van der Waals surface area contributed by atoms with Crippen LogP contribution in [-0.4, -0.2) is 58.4 Å². The normalized spacial score (nSPS) is 19.2. The minimum Gasteiger partial charge on any atom is -0.348 e. The smallest absolute Gasteiger partial charge is 0.270 e. The van der Waals surface area contributed by atoms with Gasteiger partial charge in [-0.05, 0) is 62.9 Å². The molecule has 1 saturated carbocycles. The predicted octanol–water partition coefficient (Wildman–Crippen LogP) is 4.51. The molecular formula is C26H35F2N5O. The maximum Gasteiger partial charge on any atom is 0.270 e. The number of aliphatic imine (C=N–C) groups is 1. The van der Waals surface area contributed by atoms with E-state index in [2.05, 4.69) is 38.1 Å². The Labute approximate surface area is 200 Å². The molecule has 4 rings (SSSR count). The molecule has 6 nitrogen and oxygen atoms in total. The molecule has 1 aliphatic carbocycles. The molecule has 0 saturated heterocycles. The molecule has 2 heterocycles. The molecule has 8 heteroatoms. The van der Waals surface area contributed by atoms with Gasteiger partial charge < -0.3 is 5.32 Å². The van der Waals surface area contributed by atoms with Crippen LogP contribution >= 0.6 is 0 Å². The van der Waals surface area contributed by atoms with E-state index in [1.165, 1.54) is 5.69 Å². The summed E-state index contributed by atoms with van der Waals surface area (Å²) in [6.45, 7) is 9.24. The molecular weight excluding hydrogens is 436 g/mol. The Kier molecular flexibility index (Phi) is 7.17. The van der Waals surface area contributed by atoms with Crippen molar-refractivity contribution in [3.05, 3.63) is 40.7 Å². The number of nitrogens with zero attached hydrogens (tertiary/aromatic N) is 4. The number of benzene rings is 1. The molecule has 2 aromatic rings. The van der Waals surface area contributed by atoms with Gasteiger partial charge in [0.1, 0.15) is 5.71 Å². The van der Waals surface area contributed by atoms with Crippen LogP contribution in [0.5, 0.6) is 0 Å². The number of hydrogen-bond acceptors (Lipinski definition) is 4. The van der Waals surface area contributed by atoms with Crippen LogP contribution in [0, 0.1) is 13.8 Å². The lowest BCUT2D eigenvalue weighted by Crippen LogP contribution is -2.43. The second-order valence-electron chi connectivity index (χ2n) is 9.77. The summed E-state index contributed by atoms with van der Waals surface area (Å²) < 4.78 is 29.2. The van der Waals surface area contributed by atoms with Gasteiger partial charge in [-0.15, -0.1) is 0 Å². The highest BCUT2D eigenvalue weighted by Gasteiger charge is 2.36. The van der Waals surface area contributed by atoms with E-state index in [0.29, 0.717) is 12.3 Å². The third kappa shape index (κ3) is 5.22. The number of aryl methyl sites for hydroxylation is 1. The van der Waals surface area contributed by atoms with Gasteiger partial charge in [0.05, 0.1) is 18.4 Å². The first-order valence-corrected chi connectivity index (χ1v) is 12.3. The van der Waals surface area contributed by atoms with Crippen molar-refractivity contribution < 1.29 is 13.6 Å². The van der Waals surface area contributed by atoms with Gasteiger partial charge in [-0.1, -0.05) is 13.0 Å².